The lowest BCUT2D eigenvalue weighted by Gasteiger charge is -2.18. The van der Waals surface area contributed by atoms with Gasteiger partial charge in [-0.15, -0.1) is 0 Å². The molecule has 0 radical (unpaired) electrons. The average molecular weight is 197 g/mol. The van der Waals surface area contributed by atoms with Crippen molar-refractivity contribution in [3.8, 4) is 0 Å². The molecule has 0 unspecified atom stereocenters. The summed E-state index contributed by atoms with van der Waals surface area (Å²) < 4.78 is 13.0. The Balaban J connectivity index is 3.10. The van der Waals surface area contributed by atoms with Crippen LogP contribution in [0.15, 0.2) is 18.2 Å². The molecule has 78 valence electrons. The Kier molecular flexibility index (Phi) is 3.61. The number of halogens is 1. The van der Waals surface area contributed by atoms with Crippen LogP contribution >= 0.6 is 0 Å². The number of benzene rings is 1. The molecule has 0 aliphatic carbocycles. The first kappa shape index (κ1) is 11.1. The van der Waals surface area contributed by atoms with E-state index >= 15 is 0 Å². The van der Waals surface area contributed by atoms with Crippen molar-refractivity contribution in [3.05, 3.63) is 35.1 Å². The van der Waals surface area contributed by atoms with Crippen molar-refractivity contribution in [2.75, 3.05) is 0 Å². The van der Waals surface area contributed by atoms with Gasteiger partial charge in [-0.1, -0.05) is 13.0 Å². The normalized spacial score (nSPS) is 15.2. The van der Waals surface area contributed by atoms with Gasteiger partial charge >= 0.3 is 0 Å². The minimum absolute atomic E-state index is 0.312. The van der Waals surface area contributed by atoms with Gasteiger partial charge in [0.15, 0.2) is 0 Å². The molecule has 0 heterocycles. The van der Waals surface area contributed by atoms with E-state index in [-0.39, 0.29) is 5.82 Å². The van der Waals surface area contributed by atoms with Gasteiger partial charge in [0.05, 0.1) is 12.1 Å². The first-order chi connectivity index (χ1) is 6.56. The second kappa shape index (κ2) is 4.53. The highest BCUT2D eigenvalue weighted by molar-refractivity contribution is 5.31. The van der Waals surface area contributed by atoms with Crippen LogP contribution in [0.1, 0.15) is 31.0 Å². The van der Waals surface area contributed by atoms with Crippen molar-refractivity contribution in [3.63, 3.8) is 0 Å². The van der Waals surface area contributed by atoms with Crippen LogP contribution in [0, 0.1) is 5.82 Å². The van der Waals surface area contributed by atoms with Gasteiger partial charge in [0.25, 0.3) is 0 Å². The number of aryl methyl sites for hydroxylation is 1. The molecule has 0 amide bonds. The third-order valence-corrected chi connectivity index (χ3v) is 2.37. The van der Waals surface area contributed by atoms with E-state index in [9.17, 15) is 9.50 Å². The molecule has 0 bridgehead atoms. The van der Waals surface area contributed by atoms with Gasteiger partial charge in [-0.2, -0.15) is 0 Å². The van der Waals surface area contributed by atoms with Crippen molar-refractivity contribution in [1.29, 1.82) is 0 Å². The van der Waals surface area contributed by atoms with E-state index in [1.54, 1.807) is 13.0 Å². The average Bonchev–Trinajstić information content (AvgIpc) is 2.16. The van der Waals surface area contributed by atoms with Crippen molar-refractivity contribution < 1.29 is 9.50 Å². The molecule has 0 aliphatic heterocycles. The lowest BCUT2D eigenvalue weighted by molar-refractivity contribution is 0.164. The van der Waals surface area contributed by atoms with Crippen molar-refractivity contribution in [1.82, 2.24) is 0 Å². The van der Waals surface area contributed by atoms with Gasteiger partial charge in [0.1, 0.15) is 5.82 Å². The molecule has 1 aromatic rings. The molecule has 0 fully saturated rings. The number of hydrogen-bond acceptors (Lipinski definition) is 2. The Morgan fingerprint density at radius 3 is 2.64 bits per heavy atom. The van der Waals surface area contributed by atoms with E-state index in [1.165, 1.54) is 12.1 Å². The predicted octanol–water partition coefficient (Wildman–Crippen LogP) is 1.77. The second-order valence-electron chi connectivity index (χ2n) is 3.46. The quantitative estimate of drug-likeness (QED) is 0.775. The predicted molar refractivity (Wildman–Crippen MR) is 54.4 cm³/mol. The standard InChI is InChI=1S/C11H16FNO/c1-3-8-4-5-9(12)6-10(8)11(13)7(2)14/h4-7,11,14H,3,13H2,1-2H3/t7-,11-/m0/s1. The summed E-state index contributed by atoms with van der Waals surface area (Å²) in [5.41, 5.74) is 7.45. The van der Waals surface area contributed by atoms with Crippen molar-refractivity contribution in [2.24, 2.45) is 5.73 Å². The molecule has 14 heavy (non-hydrogen) atoms. The molecule has 0 aliphatic rings. The third-order valence-electron chi connectivity index (χ3n) is 2.37. The van der Waals surface area contributed by atoms with Gasteiger partial charge in [0.2, 0.25) is 0 Å². The zero-order valence-electron chi connectivity index (χ0n) is 8.50. The first-order valence-corrected chi connectivity index (χ1v) is 4.78. The lowest BCUT2D eigenvalue weighted by Crippen LogP contribution is -2.24. The Labute approximate surface area is 83.6 Å². The molecule has 0 aromatic heterocycles. The molecule has 3 heteroatoms. The third kappa shape index (κ3) is 2.30. The maximum Gasteiger partial charge on any atom is 0.123 e. The summed E-state index contributed by atoms with van der Waals surface area (Å²) in [6, 6.07) is 4.01. The smallest absolute Gasteiger partial charge is 0.123 e. The van der Waals surface area contributed by atoms with Crippen LogP contribution in [0.2, 0.25) is 0 Å². The zero-order valence-corrected chi connectivity index (χ0v) is 8.50. The summed E-state index contributed by atoms with van der Waals surface area (Å²) in [7, 11) is 0. The molecule has 2 nitrogen and oxygen atoms in total. The number of aliphatic hydroxyl groups is 1. The van der Waals surface area contributed by atoms with Gasteiger partial charge in [-0.05, 0) is 36.6 Å². The number of hydrogen-bond donors (Lipinski definition) is 2. The number of rotatable bonds is 3. The highest BCUT2D eigenvalue weighted by Crippen LogP contribution is 2.20. The molecular weight excluding hydrogens is 181 g/mol. The van der Waals surface area contributed by atoms with E-state index in [4.69, 9.17) is 5.73 Å². The maximum absolute atomic E-state index is 13.0. The van der Waals surface area contributed by atoms with E-state index in [1.807, 2.05) is 6.92 Å². The Morgan fingerprint density at radius 1 is 1.50 bits per heavy atom. The molecular formula is C11H16FNO. The van der Waals surface area contributed by atoms with Gasteiger partial charge in [0, 0.05) is 0 Å². The van der Waals surface area contributed by atoms with E-state index in [0.717, 1.165) is 12.0 Å². The fourth-order valence-electron chi connectivity index (χ4n) is 1.46. The van der Waals surface area contributed by atoms with Crippen LogP contribution in [0.3, 0.4) is 0 Å². The summed E-state index contributed by atoms with van der Waals surface area (Å²) in [4.78, 5) is 0. The molecule has 3 N–H and O–H groups in total. The Hall–Kier alpha value is -0.930. The highest BCUT2D eigenvalue weighted by atomic mass is 19.1. The van der Waals surface area contributed by atoms with Crippen LogP contribution in [-0.2, 0) is 6.42 Å². The van der Waals surface area contributed by atoms with Crippen LogP contribution in [0.4, 0.5) is 4.39 Å². The summed E-state index contributed by atoms with van der Waals surface area (Å²) in [6.45, 7) is 3.58. The second-order valence-corrected chi connectivity index (χ2v) is 3.46. The number of nitrogens with two attached hydrogens (primary N) is 1. The van der Waals surface area contributed by atoms with Crippen LogP contribution in [0.5, 0.6) is 0 Å². The van der Waals surface area contributed by atoms with Crippen LogP contribution in [0.25, 0.3) is 0 Å². The van der Waals surface area contributed by atoms with E-state index in [2.05, 4.69) is 0 Å². The van der Waals surface area contributed by atoms with Gasteiger partial charge < -0.3 is 10.8 Å². The van der Waals surface area contributed by atoms with Gasteiger partial charge in [-0.25, -0.2) is 4.39 Å². The van der Waals surface area contributed by atoms with E-state index in [0.29, 0.717) is 5.56 Å². The molecule has 2 atom stereocenters. The summed E-state index contributed by atoms with van der Waals surface area (Å²) in [5.74, 6) is -0.312. The molecule has 1 rings (SSSR count). The SMILES string of the molecule is CCc1ccc(F)cc1[C@@H](N)[C@H](C)O. The van der Waals surface area contributed by atoms with E-state index < -0.39 is 12.1 Å². The topological polar surface area (TPSA) is 46.2 Å². The summed E-state index contributed by atoms with van der Waals surface area (Å²) in [5, 5.41) is 9.34. The molecule has 1 aromatic carbocycles. The lowest BCUT2D eigenvalue weighted by atomic mass is 9.96. The molecule has 0 saturated carbocycles. The summed E-state index contributed by atoms with van der Waals surface area (Å²) >= 11 is 0. The van der Waals surface area contributed by atoms with Crippen LogP contribution < -0.4 is 5.73 Å². The fourth-order valence-corrected chi connectivity index (χ4v) is 1.46. The monoisotopic (exact) mass is 197 g/mol. The molecule has 0 saturated heterocycles. The Bertz CT molecular complexity index is 312. The highest BCUT2D eigenvalue weighted by Gasteiger charge is 2.15. The Morgan fingerprint density at radius 2 is 2.14 bits per heavy atom. The minimum Gasteiger partial charge on any atom is -0.391 e. The fraction of sp³-hybridized carbons (Fsp3) is 0.455. The maximum atomic E-state index is 13.0. The van der Waals surface area contributed by atoms with Crippen molar-refractivity contribution in [2.45, 2.75) is 32.4 Å². The number of aliphatic hydroxyl groups excluding tert-OH is 1. The minimum atomic E-state index is -0.665. The van der Waals surface area contributed by atoms with Gasteiger partial charge in [-0.3, -0.25) is 0 Å². The molecule has 0 spiro atoms. The zero-order chi connectivity index (χ0) is 10.7. The summed E-state index contributed by atoms with van der Waals surface area (Å²) in [6.07, 6.45) is 0.123. The van der Waals surface area contributed by atoms with Crippen molar-refractivity contribution >= 4 is 0 Å². The largest absolute Gasteiger partial charge is 0.391 e. The van der Waals surface area contributed by atoms with Crippen LogP contribution in [-0.4, -0.2) is 11.2 Å². The first-order valence-electron chi connectivity index (χ1n) is 4.78.